The van der Waals surface area contributed by atoms with E-state index < -0.39 is 0 Å². The van der Waals surface area contributed by atoms with Crippen molar-refractivity contribution in [3.63, 3.8) is 0 Å². The molecule has 0 saturated carbocycles. The number of rotatable bonds is 2. The lowest BCUT2D eigenvalue weighted by Crippen LogP contribution is -2.18. The summed E-state index contributed by atoms with van der Waals surface area (Å²) in [5.41, 5.74) is 2.76. The first-order valence-corrected chi connectivity index (χ1v) is 6.54. The van der Waals surface area contributed by atoms with Crippen LogP contribution in [-0.4, -0.2) is 17.0 Å². The Morgan fingerprint density at radius 3 is 3.00 bits per heavy atom. The van der Waals surface area contributed by atoms with E-state index in [0.29, 0.717) is 5.25 Å². The summed E-state index contributed by atoms with van der Waals surface area (Å²) in [7, 11) is 0. The van der Waals surface area contributed by atoms with Crippen LogP contribution in [0.4, 0.5) is 0 Å². The molecule has 0 bridgehead atoms. The summed E-state index contributed by atoms with van der Waals surface area (Å²) in [6, 6.07) is 0. The molecule has 0 radical (unpaired) electrons. The Hall–Kier alpha value is -0.480. The minimum Gasteiger partial charge on any atom is -0.361 e. The molecule has 0 aliphatic carbocycles. The number of thiophene rings is 1. The van der Waals surface area contributed by atoms with Gasteiger partial charge in [-0.3, -0.25) is 4.99 Å². The van der Waals surface area contributed by atoms with E-state index in [1.807, 2.05) is 11.8 Å². The summed E-state index contributed by atoms with van der Waals surface area (Å²) in [6.07, 6.45) is 0. The predicted molar refractivity (Wildman–Crippen MR) is 65.3 cm³/mol. The Bertz CT molecular complexity index is 344. The zero-order valence-electron chi connectivity index (χ0n) is 8.41. The minimum atomic E-state index is 0.640. The van der Waals surface area contributed by atoms with Crippen LogP contribution in [0.15, 0.2) is 15.8 Å². The van der Waals surface area contributed by atoms with Gasteiger partial charge in [0.15, 0.2) is 5.17 Å². The molecule has 1 aliphatic heterocycles. The lowest BCUT2D eigenvalue weighted by molar-refractivity contribution is 0.911. The first-order valence-electron chi connectivity index (χ1n) is 4.72. The van der Waals surface area contributed by atoms with Crippen molar-refractivity contribution in [2.75, 3.05) is 6.54 Å². The molecule has 1 atom stereocenters. The lowest BCUT2D eigenvalue weighted by atomic mass is 10.2. The van der Waals surface area contributed by atoms with E-state index in [4.69, 9.17) is 0 Å². The highest BCUT2D eigenvalue weighted by atomic mass is 32.2. The van der Waals surface area contributed by atoms with Crippen LogP contribution < -0.4 is 5.32 Å². The van der Waals surface area contributed by atoms with Crippen LogP contribution in [0, 0.1) is 6.92 Å². The third kappa shape index (κ3) is 2.30. The molecule has 1 N–H and O–H groups in total. The second-order valence-corrected chi connectivity index (χ2v) is 5.68. The highest BCUT2D eigenvalue weighted by Crippen LogP contribution is 2.19. The maximum absolute atomic E-state index is 4.42. The molecular formula is C10H14N2S2. The molecule has 76 valence electrons. The standard InChI is InChI=1S/C10H14N2S2/c1-7-5-13-6-9(7)4-12-10-11-3-8(2)14-10/h5-6,8H,3-4H2,1-2H3,(H,11,12). The van der Waals surface area contributed by atoms with Gasteiger partial charge in [0.05, 0.1) is 6.54 Å². The molecule has 14 heavy (non-hydrogen) atoms. The van der Waals surface area contributed by atoms with Gasteiger partial charge in [-0.15, -0.1) is 0 Å². The normalized spacial score (nSPS) is 21.0. The number of aliphatic imine (C=N–C) groups is 1. The fraction of sp³-hybridized carbons (Fsp3) is 0.500. The molecule has 0 saturated heterocycles. The summed E-state index contributed by atoms with van der Waals surface area (Å²) in [5, 5.41) is 9.50. The van der Waals surface area contributed by atoms with E-state index in [1.165, 1.54) is 11.1 Å². The van der Waals surface area contributed by atoms with Crippen molar-refractivity contribution < 1.29 is 0 Å². The Kier molecular flexibility index (Phi) is 3.13. The topological polar surface area (TPSA) is 24.4 Å². The number of thioether (sulfide) groups is 1. The van der Waals surface area contributed by atoms with Crippen molar-refractivity contribution in [1.82, 2.24) is 5.32 Å². The molecule has 1 aliphatic rings. The lowest BCUT2D eigenvalue weighted by Gasteiger charge is -2.05. The van der Waals surface area contributed by atoms with Crippen LogP contribution in [0.2, 0.25) is 0 Å². The van der Waals surface area contributed by atoms with Crippen LogP contribution in [0.1, 0.15) is 18.1 Å². The number of hydrogen-bond donors (Lipinski definition) is 1. The van der Waals surface area contributed by atoms with E-state index in [-0.39, 0.29) is 0 Å². The monoisotopic (exact) mass is 226 g/mol. The van der Waals surface area contributed by atoms with Crippen LogP contribution in [0.5, 0.6) is 0 Å². The zero-order chi connectivity index (χ0) is 9.97. The van der Waals surface area contributed by atoms with Crippen molar-refractivity contribution in [3.8, 4) is 0 Å². The Labute approximate surface area is 92.8 Å². The summed E-state index contributed by atoms with van der Waals surface area (Å²) >= 11 is 3.60. The maximum atomic E-state index is 4.42. The molecular weight excluding hydrogens is 212 g/mol. The average molecular weight is 226 g/mol. The van der Waals surface area contributed by atoms with Gasteiger partial charge < -0.3 is 5.32 Å². The van der Waals surface area contributed by atoms with Gasteiger partial charge in [-0.05, 0) is 28.8 Å². The Morgan fingerprint density at radius 1 is 1.57 bits per heavy atom. The average Bonchev–Trinajstić information content (AvgIpc) is 2.72. The number of aryl methyl sites for hydroxylation is 1. The second kappa shape index (κ2) is 4.36. The van der Waals surface area contributed by atoms with Gasteiger partial charge in [-0.25, -0.2) is 0 Å². The summed E-state index contributed by atoms with van der Waals surface area (Å²) in [4.78, 5) is 4.42. The number of hydrogen-bond acceptors (Lipinski definition) is 4. The van der Waals surface area contributed by atoms with Gasteiger partial charge >= 0.3 is 0 Å². The molecule has 0 fully saturated rings. The van der Waals surface area contributed by atoms with Gasteiger partial charge in [0.1, 0.15) is 0 Å². The van der Waals surface area contributed by atoms with E-state index >= 15 is 0 Å². The molecule has 0 amide bonds. The fourth-order valence-electron chi connectivity index (χ4n) is 1.31. The number of nitrogens with zero attached hydrogens (tertiary/aromatic N) is 1. The van der Waals surface area contributed by atoms with Crippen molar-refractivity contribution in [2.45, 2.75) is 25.6 Å². The summed E-state index contributed by atoms with van der Waals surface area (Å²) in [5.74, 6) is 0. The van der Waals surface area contributed by atoms with Gasteiger partial charge in [0.25, 0.3) is 0 Å². The molecule has 1 unspecified atom stereocenters. The minimum absolute atomic E-state index is 0.640. The van der Waals surface area contributed by atoms with Gasteiger partial charge in [0, 0.05) is 11.8 Å². The molecule has 4 heteroatoms. The Balaban J connectivity index is 1.86. The molecule has 2 heterocycles. The van der Waals surface area contributed by atoms with Crippen molar-refractivity contribution in [2.24, 2.45) is 4.99 Å². The summed E-state index contributed by atoms with van der Waals surface area (Å²) < 4.78 is 0. The fourth-order valence-corrected chi connectivity index (χ4v) is 3.00. The molecule has 0 spiro atoms. The Morgan fingerprint density at radius 2 is 2.43 bits per heavy atom. The maximum Gasteiger partial charge on any atom is 0.157 e. The van der Waals surface area contributed by atoms with Crippen LogP contribution in [0.3, 0.4) is 0 Å². The summed E-state index contributed by atoms with van der Waals surface area (Å²) in [6.45, 7) is 6.22. The largest absolute Gasteiger partial charge is 0.361 e. The van der Waals surface area contributed by atoms with Gasteiger partial charge in [-0.2, -0.15) is 11.3 Å². The molecule has 0 aromatic carbocycles. The van der Waals surface area contributed by atoms with Crippen molar-refractivity contribution in [3.05, 3.63) is 21.9 Å². The second-order valence-electron chi connectivity index (χ2n) is 3.51. The third-order valence-electron chi connectivity index (χ3n) is 2.20. The van der Waals surface area contributed by atoms with E-state index in [0.717, 1.165) is 18.3 Å². The number of amidine groups is 1. The van der Waals surface area contributed by atoms with Crippen LogP contribution in [-0.2, 0) is 6.54 Å². The van der Waals surface area contributed by atoms with Crippen molar-refractivity contribution >= 4 is 28.3 Å². The van der Waals surface area contributed by atoms with E-state index in [2.05, 4.69) is 34.9 Å². The molecule has 1 aromatic heterocycles. The van der Waals surface area contributed by atoms with E-state index in [9.17, 15) is 0 Å². The number of nitrogens with one attached hydrogen (secondary N) is 1. The highest BCUT2D eigenvalue weighted by molar-refractivity contribution is 8.14. The molecule has 2 nitrogen and oxygen atoms in total. The smallest absolute Gasteiger partial charge is 0.157 e. The highest BCUT2D eigenvalue weighted by Gasteiger charge is 2.14. The van der Waals surface area contributed by atoms with Crippen LogP contribution in [0.25, 0.3) is 0 Å². The first kappa shape index (κ1) is 10.1. The third-order valence-corrected chi connectivity index (χ3v) is 4.15. The molecule has 1 aromatic rings. The SMILES string of the molecule is Cc1cscc1CNC1=NCC(C)S1. The van der Waals surface area contributed by atoms with Gasteiger partial charge in [0.2, 0.25) is 0 Å². The first-order chi connectivity index (χ1) is 6.75. The zero-order valence-corrected chi connectivity index (χ0v) is 10.0. The van der Waals surface area contributed by atoms with Crippen molar-refractivity contribution in [1.29, 1.82) is 0 Å². The van der Waals surface area contributed by atoms with Crippen LogP contribution >= 0.6 is 23.1 Å². The quantitative estimate of drug-likeness (QED) is 0.838. The molecule has 2 rings (SSSR count). The van der Waals surface area contributed by atoms with E-state index in [1.54, 1.807) is 11.3 Å². The predicted octanol–water partition coefficient (Wildman–Crippen LogP) is 2.64. The van der Waals surface area contributed by atoms with Gasteiger partial charge in [-0.1, -0.05) is 18.7 Å².